The minimum Gasteiger partial charge on any atom is -0.595 e. The molecule has 0 bridgehead atoms. The standard InChI is InChI=1S/C8H12N2O2/c1-2-9-7-5-3-4-6-8(7)10(11)12/h3-6,9-11H,2H2,1H3. The van der Waals surface area contributed by atoms with Crippen LogP contribution in [0.3, 0.4) is 0 Å². The van der Waals surface area contributed by atoms with Crippen molar-refractivity contribution in [2.24, 2.45) is 0 Å². The summed E-state index contributed by atoms with van der Waals surface area (Å²) < 4.78 is 0. The topological polar surface area (TPSA) is 59.8 Å². The molecule has 0 aromatic heterocycles. The Morgan fingerprint density at radius 2 is 2.17 bits per heavy atom. The van der Waals surface area contributed by atoms with Crippen molar-refractivity contribution in [1.82, 2.24) is 0 Å². The molecule has 66 valence electrons. The monoisotopic (exact) mass is 168 g/mol. The largest absolute Gasteiger partial charge is 0.595 e. The van der Waals surface area contributed by atoms with Crippen LogP contribution in [-0.2, 0) is 0 Å². The third kappa shape index (κ3) is 1.94. The Bertz CT molecular complexity index is 251. The molecule has 1 unspecified atom stereocenters. The van der Waals surface area contributed by atoms with Gasteiger partial charge in [0.2, 0.25) is 0 Å². The van der Waals surface area contributed by atoms with Crippen molar-refractivity contribution in [3.05, 3.63) is 29.5 Å². The number of benzene rings is 1. The molecular weight excluding hydrogens is 156 g/mol. The number of hydrogen-bond acceptors (Lipinski definition) is 3. The molecule has 0 aliphatic rings. The van der Waals surface area contributed by atoms with E-state index in [2.05, 4.69) is 5.32 Å². The Kier molecular flexibility index (Phi) is 3.04. The van der Waals surface area contributed by atoms with E-state index < -0.39 is 5.23 Å². The third-order valence-corrected chi connectivity index (χ3v) is 1.52. The summed E-state index contributed by atoms with van der Waals surface area (Å²) in [5.74, 6) is 0. The van der Waals surface area contributed by atoms with Gasteiger partial charge in [-0.1, -0.05) is 12.1 Å². The molecule has 0 saturated carbocycles. The zero-order valence-corrected chi connectivity index (χ0v) is 6.87. The molecule has 4 nitrogen and oxygen atoms in total. The summed E-state index contributed by atoms with van der Waals surface area (Å²) >= 11 is 0. The number of para-hydroxylation sites is 2. The van der Waals surface area contributed by atoms with Crippen LogP contribution in [-0.4, -0.2) is 11.8 Å². The first-order valence-electron chi connectivity index (χ1n) is 3.82. The van der Waals surface area contributed by atoms with Gasteiger partial charge in [0.25, 0.3) is 0 Å². The molecule has 0 radical (unpaired) electrons. The fourth-order valence-corrected chi connectivity index (χ4v) is 1.01. The Hall–Kier alpha value is -1.10. The molecule has 0 fully saturated rings. The van der Waals surface area contributed by atoms with Gasteiger partial charge in [0.1, 0.15) is 0 Å². The second-order valence-electron chi connectivity index (χ2n) is 2.38. The minimum atomic E-state index is -0.897. The number of hydrogen-bond donors (Lipinski definition) is 3. The van der Waals surface area contributed by atoms with E-state index in [4.69, 9.17) is 5.21 Å². The Labute approximate surface area is 71.0 Å². The van der Waals surface area contributed by atoms with Gasteiger partial charge in [0.15, 0.2) is 5.69 Å². The molecule has 1 aromatic carbocycles. The molecule has 0 aliphatic carbocycles. The van der Waals surface area contributed by atoms with Gasteiger partial charge >= 0.3 is 0 Å². The molecule has 0 amide bonds. The first-order chi connectivity index (χ1) is 5.75. The molecule has 4 heteroatoms. The second kappa shape index (κ2) is 4.06. The molecule has 0 spiro atoms. The number of rotatable bonds is 3. The van der Waals surface area contributed by atoms with E-state index in [1.54, 1.807) is 18.2 Å². The summed E-state index contributed by atoms with van der Waals surface area (Å²) in [5, 5.41) is 21.5. The molecule has 3 N–H and O–H groups in total. The van der Waals surface area contributed by atoms with E-state index in [1.807, 2.05) is 13.0 Å². The fourth-order valence-electron chi connectivity index (χ4n) is 1.01. The molecule has 1 rings (SSSR count). The van der Waals surface area contributed by atoms with Crippen molar-refractivity contribution >= 4 is 11.4 Å². The van der Waals surface area contributed by atoms with E-state index in [-0.39, 0.29) is 0 Å². The molecule has 0 aliphatic heterocycles. The van der Waals surface area contributed by atoms with Crippen LogP contribution < -0.4 is 10.5 Å². The Balaban J connectivity index is 2.92. The van der Waals surface area contributed by atoms with Gasteiger partial charge in [-0.25, -0.2) is 5.21 Å². The van der Waals surface area contributed by atoms with Gasteiger partial charge in [0, 0.05) is 12.6 Å². The molecule has 12 heavy (non-hydrogen) atoms. The number of nitrogens with one attached hydrogen (secondary N) is 2. The van der Waals surface area contributed by atoms with Crippen molar-refractivity contribution in [2.45, 2.75) is 6.92 Å². The van der Waals surface area contributed by atoms with Crippen molar-refractivity contribution in [2.75, 3.05) is 11.9 Å². The number of quaternary nitrogens is 1. The van der Waals surface area contributed by atoms with Crippen molar-refractivity contribution in [3.8, 4) is 0 Å². The second-order valence-corrected chi connectivity index (χ2v) is 2.38. The highest BCUT2D eigenvalue weighted by Gasteiger charge is 2.05. The van der Waals surface area contributed by atoms with Crippen LogP contribution in [0.5, 0.6) is 0 Å². The summed E-state index contributed by atoms with van der Waals surface area (Å²) in [6.45, 7) is 2.66. The highest BCUT2D eigenvalue weighted by Crippen LogP contribution is 2.15. The molecule has 0 heterocycles. The van der Waals surface area contributed by atoms with Gasteiger partial charge < -0.3 is 10.5 Å². The molecule has 1 atom stereocenters. The SMILES string of the molecule is CCNc1ccccc1[NH+]([O-])O. The lowest BCUT2D eigenvalue weighted by Gasteiger charge is -2.15. The van der Waals surface area contributed by atoms with Crippen LogP contribution in [0.25, 0.3) is 0 Å². The predicted octanol–water partition coefficient (Wildman–Crippen LogP) is 0.522. The van der Waals surface area contributed by atoms with Gasteiger partial charge in [-0.2, -0.15) is 5.23 Å². The molecular formula is C8H12N2O2. The van der Waals surface area contributed by atoms with Crippen LogP contribution in [0.4, 0.5) is 11.4 Å². The van der Waals surface area contributed by atoms with Crippen molar-refractivity contribution in [3.63, 3.8) is 0 Å². The lowest BCUT2D eigenvalue weighted by atomic mass is 10.2. The lowest BCUT2D eigenvalue weighted by Crippen LogP contribution is -2.99. The minimum absolute atomic E-state index is 0.319. The normalized spacial score (nSPS) is 12.6. The summed E-state index contributed by atoms with van der Waals surface area (Å²) in [6, 6.07) is 6.86. The summed E-state index contributed by atoms with van der Waals surface area (Å²) in [5.41, 5.74) is 0.992. The zero-order chi connectivity index (χ0) is 8.97. The van der Waals surface area contributed by atoms with Crippen molar-refractivity contribution in [1.29, 1.82) is 0 Å². The van der Waals surface area contributed by atoms with E-state index in [1.165, 1.54) is 0 Å². The predicted molar refractivity (Wildman–Crippen MR) is 46.4 cm³/mol. The van der Waals surface area contributed by atoms with E-state index >= 15 is 0 Å². The maximum Gasteiger partial charge on any atom is 0.187 e. The van der Waals surface area contributed by atoms with Crippen LogP contribution in [0.15, 0.2) is 24.3 Å². The highest BCUT2D eigenvalue weighted by atomic mass is 16.8. The quantitative estimate of drug-likeness (QED) is 0.577. The first-order valence-corrected chi connectivity index (χ1v) is 3.82. The highest BCUT2D eigenvalue weighted by molar-refractivity contribution is 5.60. The maximum absolute atomic E-state index is 10.7. The third-order valence-electron chi connectivity index (χ3n) is 1.52. The van der Waals surface area contributed by atoms with Crippen LogP contribution >= 0.6 is 0 Å². The van der Waals surface area contributed by atoms with Gasteiger partial charge in [-0.3, -0.25) is 0 Å². The number of anilines is 1. The average Bonchev–Trinajstić information content (AvgIpc) is 2.05. The molecule has 0 saturated heterocycles. The van der Waals surface area contributed by atoms with Crippen molar-refractivity contribution < 1.29 is 10.4 Å². The Morgan fingerprint density at radius 1 is 1.50 bits per heavy atom. The Morgan fingerprint density at radius 3 is 2.75 bits per heavy atom. The van der Waals surface area contributed by atoms with Crippen LogP contribution in [0.1, 0.15) is 6.92 Å². The first kappa shape index (κ1) is 8.99. The molecule has 1 aromatic rings. The fraction of sp³-hybridized carbons (Fsp3) is 0.250. The van der Waals surface area contributed by atoms with E-state index in [0.29, 0.717) is 11.4 Å². The average molecular weight is 168 g/mol. The summed E-state index contributed by atoms with van der Waals surface area (Å²) in [6.07, 6.45) is 0. The maximum atomic E-state index is 10.7. The summed E-state index contributed by atoms with van der Waals surface area (Å²) in [7, 11) is 0. The summed E-state index contributed by atoms with van der Waals surface area (Å²) in [4.78, 5) is 0. The van der Waals surface area contributed by atoms with Crippen LogP contribution in [0, 0.1) is 5.21 Å². The van der Waals surface area contributed by atoms with Gasteiger partial charge in [0.05, 0.1) is 5.69 Å². The van der Waals surface area contributed by atoms with E-state index in [9.17, 15) is 5.21 Å². The van der Waals surface area contributed by atoms with Gasteiger partial charge in [-0.15, -0.1) is 0 Å². The lowest BCUT2D eigenvalue weighted by molar-refractivity contribution is -0.990. The van der Waals surface area contributed by atoms with Crippen LogP contribution in [0.2, 0.25) is 0 Å². The van der Waals surface area contributed by atoms with E-state index in [0.717, 1.165) is 6.54 Å². The van der Waals surface area contributed by atoms with Gasteiger partial charge in [-0.05, 0) is 13.0 Å². The zero-order valence-electron chi connectivity index (χ0n) is 6.87. The smallest absolute Gasteiger partial charge is 0.187 e.